The van der Waals surface area contributed by atoms with E-state index in [0.29, 0.717) is 5.92 Å². The molecule has 2 heterocycles. The average Bonchev–Trinajstić information content (AvgIpc) is 3.04. The lowest BCUT2D eigenvalue weighted by molar-refractivity contribution is 0.0922. The van der Waals surface area contributed by atoms with Gasteiger partial charge < -0.3 is 4.74 Å². The molecule has 4 heteroatoms. The number of hydrogen-bond donors (Lipinski definition) is 1. The molecule has 2 aliphatic heterocycles. The van der Waals surface area contributed by atoms with E-state index in [1.165, 1.54) is 23.1 Å². The van der Waals surface area contributed by atoms with Crippen LogP contribution < -0.4 is 10.6 Å². The van der Waals surface area contributed by atoms with E-state index < -0.39 is 0 Å². The van der Waals surface area contributed by atoms with E-state index in [2.05, 4.69) is 36.4 Å². The van der Waals surface area contributed by atoms with E-state index >= 15 is 0 Å². The second kappa shape index (κ2) is 6.75. The molecule has 2 aromatic carbocycles. The maximum atomic E-state index is 6.37. The summed E-state index contributed by atoms with van der Waals surface area (Å²) in [6.45, 7) is 1.71. The van der Waals surface area contributed by atoms with Gasteiger partial charge in [0.2, 0.25) is 0 Å². The summed E-state index contributed by atoms with van der Waals surface area (Å²) in [6, 6.07) is 15.0. The normalized spacial score (nSPS) is 23.8. The fourth-order valence-corrected chi connectivity index (χ4v) is 4.47. The van der Waals surface area contributed by atoms with Crippen LogP contribution in [-0.4, -0.2) is 18.2 Å². The van der Waals surface area contributed by atoms with Crippen LogP contribution in [0.5, 0.6) is 5.75 Å². The molecule has 1 fully saturated rings. The van der Waals surface area contributed by atoms with Crippen molar-refractivity contribution in [3.8, 4) is 5.75 Å². The van der Waals surface area contributed by atoms with Crippen LogP contribution in [0.2, 0.25) is 5.02 Å². The molecule has 126 valence electrons. The number of halogens is 1. The van der Waals surface area contributed by atoms with Crippen molar-refractivity contribution in [3.63, 3.8) is 0 Å². The van der Waals surface area contributed by atoms with Crippen LogP contribution in [0, 0.1) is 5.92 Å². The van der Waals surface area contributed by atoms with Crippen LogP contribution in [-0.2, 0) is 12.8 Å². The van der Waals surface area contributed by atoms with E-state index in [-0.39, 0.29) is 6.04 Å². The van der Waals surface area contributed by atoms with Crippen molar-refractivity contribution in [2.75, 3.05) is 13.2 Å². The minimum Gasteiger partial charge on any atom is -0.493 e. The molecule has 2 atom stereocenters. The Balaban J connectivity index is 1.65. The van der Waals surface area contributed by atoms with E-state index in [1.54, 1.807) is 0 Å². The van der Waals surface area contributed by atoms with Gasteiger partial charge in [-0.1, -0.05) is 41.9 Å². The molecule has 0 amide bonds. The maximum absolute atomic E-state index is 6.37. The third-order valence-corrected chi connectivity index (χ3v) is 5.46. The third kappa shape index (κ3) is 3.04. The number of rotatable bonds is 3. The molecule has 1 saturated heterocycles. The Hall–Kier alpha value is -1.55. The van der Waals surface area contributed by atoms with Gasteiger partial charge in [0.05, 0.1) is 12.6 Å². The van der Waals surface area contributed by atoms with Gasteiger partial charge >= 0.3 is 0 Å². The van der Waals surface area contributed by atoms with Gasteiger partial charge in [-0.2, -0.15) is 0 Å². The summed E-state index contributed by atoms with van der Waals surface area (Å²) in [4.78, 5) is 0. The average molecular weight is 343 g/mol. The lowest BCUT2D eigenvalue weighted by Gasteiger charge is -2.39. The largest absolute Gasteiger partial charge is 0.493 e. The molecule has 2 N–H and O–H groups in total. The lowest BCUT2D eigenvalue weighted by Crippen LogP contribution is -2.44. The highest BCUT2D eigenvalue weighted by molar-refractivity contribution is 6.30. The minimum atomic E-state index is 0.246. The van der Waals surface area contributed by atoms with Crippen molar-refractivity contribution in [1.29, 1.82) is 0 Å². The van der Waals surface area contributed by atoms with Gasteiger partial charge in [0.25, 0.3) is 0 Å². The number of hydrazine groups is 1. The SMILES string of the molecule is NN1CCC[C@@H](Cc2cc(Cl)cc3c2OCC3)[C@H]1c1ccccc1. The van der Waals surface area contributed by atoms with Gasteiger partial charge in [-0.3, -0.25) is 5.84 Å². The molecular weight excluding hydrogens is 320 g/mol. The van der Waals surface area contributed by atoms with Crippen molar-refractivity contribution in [3.05, 3.63) is 64.2 Å². The van der Waals surface area contributed by atoms with Crippen LogP contribution in [0.3, 0.4) is 0 Å². The van der Waals surface area contributed by atoms with Crippen LogP contribution in [0.15, 0.2) is 42.5 Å². The molecule has 2 aromatic rings. The van der Waals surface area contributed by atoms with Gasteiger partial charge in [0.15, 0.2) is 0 Å². The first-order chi connectivity index (χ1) is 11.7. The summed E-state index contributed by atoms with van der Waals surface area (Å²) in [5.41, 5.74) is 3.77. The zero-order valence-corrected chi connectivity index (χ0v) is 14.5. The van der Waals surface area contributed by atoms with E-state index in [1.807, 2.05) is 11.1 Å². The monoisotopic (exact) mass is 342 g/mol. The van der Waals surface area contributed by atoms with Crippen molar-refractivity contribution in [2.24, 2.45) is 11.8 Å². The predicted octanol–water partition coefficient (Wildman–Crippen LogP) is 4.14. The van der Waals surface area contributed by atoms with Crippen molar-refractivity contribution < 1.29 is 4.74 Å². The molecule has 2 aliphatic rings. The first-order valence-corrected chi connectivity index (χ1v) is 9.10. The number of fused-ring (bicyclic) bond motifs is 1. The molecule has 0 aromatic heterocycles. The highest BCUT2D eigenvalue weighted by atomic mass is 35.5. The summed E-state index contributed by atoms with van der Waals surface area (Å²) >= 11 is 6.34. The molecule has 0 spiro atoms. The molecule has 0 radical (unpaired) electrons. The highest BCUT2D eigenvalue weighted by Crippen LogP contribution is 2.40. The number of nitrogens with zero attached hydrogens (tertiary/aromatic N) is 1. The summed E-state index contributed by atoms with van der Waals surface area (Å²) in [5.74, 6) is 7.90. The number of hydrogen-bond acceptors (Lipinski definition) is 3. The Labute approximate surface area is 148 Å². The Kier molecular flexibility index (Phi) is 4.49. The van der Waals surface area contributed by atoms with E-state index in [9.17, 15) is 0 Å². The second-order valence-corrected chi connectivity index (χ2v) is 7.29. The fraction of sp³-hybridized carbons (Fsp3) is 0.400. The Morgan fingerprint density at radius 3 is 2.88 bits per heavy atom. The highest BCUT2D eigenvalue weighted by Gasteiger charge is 2.32. The van der Waals surface area contributed by atoms with Gasteiger partial charge in [-0.25, -0.2) is 5.01 Å². The standard InChI is InChI=1S/C20H23ClN2O/c21-18-12-16-8-10-24-20(16)17(13-18)11-15-7-4-9-23(22)19(15)14-5-2-1-3-6-14/h1-3,5-6,12-13,15,19H,4,7-11,22H2/t15-,19+/m0/s1. The molecular formula is C20H23ClN2O. The van der Waals surface area contributed by atoms with Gasteiger partial charge in [-0.15, -0.1) is 0 Å². The van der Waals surface area contributed by atoms with Gasteiger partial charge in [0.1, 0.15) is 5.75 Å². The first-order valence-electron chi connectivity index (χ1n) is 8.73. The molecule has 0 bridgehead atoms. The summed E-state index contributed by atoms with van der Waals surface area (Å²) in [7, 11) is 0. The number of piperidine rings is 1. The number of ether oxygens (including phenoxy) is 1. The van der Waals surface area contributed by atoms with Crippen molar-refractivity contribution in [2.45, 2.75) is 31.7 Å². The Bertz CT molecular complexity index is 719. The Morgan fingerprint density at radius 2 is 2.04 bits per heavy atom. The quantitative estimate of drug-likeness (QED) is 0.852. The van der Waals surface area contributed by atoms with Crippen LogP contribution in [0.4, 0.5) is 0 Å². The fourth-order valence-electron chi connectivity index (χ4n) is 4.21. The number of nitrogens with two attached hydrogens (primary N) is 1. The topological polar surface area (TPSA) is 38.5 Å². The maximum Gasteiger partial charge on any atom is 0.125 e. The predicted molar refractivity (Wildman–Crippen MR) is 97.2 cm³/mol. The Morgan fingerprint density at radius 1 is 1.21 bits per heavy atom. The van der Waals surface area contributed by atoms with Crippen molar-refractivity contribution in [1.82, 2.24) is 5.01 Å². The lowest BCUT2D eigenvalue weighted by atomic mass is 9.81. The van der Waals surface area contributed by atoms with Crippen LogP contribution >= 0.6 is 11.6 Å². The summed E-state index contributed by atoms with van der Waals surface area (Å²) in [5, 5.41) is 2.82. The zero-order chi connectivity index (χ0) is 16.5. The molecule has 0 unspecified atom stereocenters. The van der Waals surface area contributed by atoms with Crippen LogP contribution in [0.25, 0.3) is 0 Å². The van der Waals surface area contributed by atoms with Gasteiger partial charge in [-0.05, 0) is 54.0 Å². The summed E-state index contributed by atoms with van der Waals surface area (Å²) in [6.07, 6.45) is 4.22. The first kappa shape index (κ1) is 15.9. The minimum absolute atomic E-state index is 0.246. The zero-order valence-electron chi connectivity index (χ0n) is 13.7. The van der Waals surface area contributed by atoms with Crippen LogP contribution in [0.1, 0.15) is 35.6 Å². The van der Waals surface area contributed by atoms with Gasteiger partial charge in [0, 0.05) is 18.0 Å². The van der Waals surface area contributed by atoms with Crippen molar-refractivity contribution >= 4 is 11.6 Å². The molecule has 0 aliphatic carbocycles. The number of benzene rings is 2. The van der Waals surface area contributed by atoms with E-state index in [4.69, 9.17) is 22.2 Å². The van der Waals surface area contributed by atoms with E-state index in [0.717, 1.165) is 43.2 Å². The molecule has 24 heavy (non-hydrogen) atoms. The molecule has 4 rings (SSSR count). The smallest absolute Gasteiger partial charge is 0.125 e. The molecule has 3 nitrogen and oxygen atoms in total. The third-order valence-electron chi connectivity index (χ3n) is 5.24. The molecule has 0 saturated carbocycles. The second-order valence-electron chi connectivity index (χ2n) is 6.85. The summed E-state index contributed by atoms with van der Waals surface area (Å²) < 4.78 is 5.89.